The number of hydrogen-bond acceptors (Lipinski definition) is 3. The summed E-state index contributed by atoms with van der Waals surface area (Å²) in [6.07, 6.45) is 1.60. The van der Waals surface area contributed by atoms with E-state index in [1.165, 1.54) is 21.6 Å². The van der Waals surface area contributed by atoms with Crippen molar-refractivity contribution in [3.63, 3.8) is 0 Å². The van der Waals surface area contributed by atoms with Crippen molar-refractivity contribution in [3.05, 3.63) is 107 Å². The average Bonchev–Trinajstić information content (AvgIpc) is 3.05. The van der Waals surface area contributed by atoms with Gasteiger partial charge in [0.05, 0.1) is 11.1 Å². The van der Waals surface area contributed by atoms with Gasteiger partial charge in [0.1, 0.15) is 0 Å². The molecule has 0 saturated heterocycles. The summed E-state index contributed by atoms with van der Waals surface area (Å²) < 4.78 is 0. The Labute approximate surface area is 176 Å². The fourth-order valence-corrected chi connectivity index (χ4v) is 5.01. The Bertz CT molecular complexity index is 1070. The molecule has 3 aromatic carbocycles. The Morgan fingerprint density at radius 2 is 1.43 bits per heavy atom. The number of carbonyl (C=O) groups is 2. The predicted molar refractivity (Wildman–Crippen MR) is 116 cm³/mol. The van der Waals surface area contributed by atoms with E-state index in [0.29, 0.717) is 17.7 Å². The molecule has 0 aliphatic carbocycles. The summed E-state index contributed by atoms with van der Waals surface area (Å²) >= 11 is 0. The lowest BCUT2D eigenvalue weighted by molar-refractivity contribution is 0.0649. The Morgan fingerprint density at radius 1 is 0.800 bits per heavy atom. The van der Waals surface area contributed by atoms with Crippen molar-refractivity contribution in [1.82, 2.24) is 10.2 Å². The van der Waals surface area contributed by atoms with E-state index in [0.717, 1.165) is 25.9 Å². The van der Waals surface area contributed by atoms with Crippen LogP contribution in [0.4, 0.5) is 0 Å². The highest BCUT2D eigenvalue weighted by atomic mass is 16.2. The normalized spacial score (nSPS) is 20.2. The van der Waals surface area contributed by atoms with E-state index >= 15 is 0 Å². The van der Waals surface area contributed by atoms with Gasteiger partial charge in [-0.15, -0.1) is 0 Å². The molecule has 1 atom stereocenters. The molecule has 0 fully saturated rings. The minimum atomic E-state index is -0.175. The van der Waals surface area contributed by atoms with Gasteiger partial charge in [-0.25, -0.2) is 0 Å². The van der Waals surface area contributed by atoms with E-state index in [9.17, 15) is 9.59 Å². The van der Waals surface area contributed by atoms with Crippen molar-refractivity contribution >= 4 is 11.8 Å². The van der Waals surface area contributed by atoms with Crippen LogP contribution in [0.3, 0.4) is 0 Å². The van der Waals surface area contributed by atoms with Crippen molar-refractivity contribution < 1.29 is 9.59 Å². The molecule has 2 amide bonds. The third-order valence-electron chi connectivity index (χ3n) is 6.46. The van der Waals surface area contributed by atoms with Crippen LogP contribution in [0, 0.1) is 0 Å². The molecule has 2 heterocycles. The summed E-state index contributed by atoms with van der Waals surface area (Å²) in [7, 11) is 0. The fourth-order valence-electron chi connectivity index (χ4n) is 5.01. The Kier molecular flexibility index (Phi) is 4.72. The molecule has 5 rings (SSSR count). The molecule has 0 aromatic heterocycles. The zero-order valence-corrected chi connectivity index (χ0v) is 16.8. The smallest absolute Gasteiger partial charge is 0.261 e. The molecule has 2 aliphatic heterocycles. The molecule has 2 aliphatic rings. The number of benzene rings is 3. The van der Waals surface area contributed by atoms with Gasteiger partial charge in [0.2, 0.25) is 0 Å². The van der Waals surface area contributed by atoms with Gasteiger partial charge in [-0.3, -0.25) is 14.5 Å². The first-order valence-electron chi connectivity index (χ1n) is 10.5. The lowest BCUT2D eigenvalue weighted by atomic mass is 9.68. The van der Waals surface area contributed by atoms with E-state index < -0.39 is 0 Å². The number of rotatable bonds is 5. The maximum Gasteiger partial charge on any atom is 0.261 e. The molecule has 4 heteroatoms. The monoisotopic (exact) mass is 396 g/mol. The van der Waals surface area contributed by atoms with Crippen molar-refractivity contribution in [2.24, 2.45) is 0 Å². The first-order valence-corrected chi connectivity index (χ1v) is 10.5. The van der Waals surface area contributed by atoms with Crippen LogP contribution in [-0.4, -0.2) is 29.8 Å². The Hall–Kier alpha value is -3.24. The molecule has 150 valence electrons. The van der Waals surface area contributed by atoms with Gasteiger partial charge in [0.15, 0.2) is 0 Å². The van der Waals surface area contributed by atoms with Crippen LogP contribution in [0.5, 0.6) is 0 Å². The van der Waals surface area contributed by atoms with Crippen LogP contribution < -0.4 is 5.32 Å². The summed E-state index contributed by atoms with van der Waals surface area (Å²) in [5, 5.41) is 3.59. The van der Waals surface area contributed by atoms with Gasteiger partial charge in [-0.2, -0.15) is 0 Å². The van der Waals surface area contributed by atoms with Crippen LogP contribution in [0.1, 0.15) is 50.2 Å². The van der Waals surface area contributed by atoms with Crippen LogP contribution in [0.15, 0.2) is 78.9 Å². The second-order valence-corrected chi connectivity index (χ2v) is 8.12. The summed E-state index contributed by atoms with van der Waals surface area (Å²) in [6, 6.07) is 26.3. The van der Waals surface area contributed by atoms with Gasteiger partial charge < -0.3 is 5.32 Å². The van der Waals surface area contributed by atoms with Crippen molar-refractivity contribution in [2.45, 2.75) is 24.8 Å². The highest BCUT2D eigenvalue weighted by Gasteiger charge is 2.39. The zero-order valence-electron chi connectivity index (χ0n) is 16.8. The number of nitrogens with zero attached hydrogens (tertiary/aromatic N) is 1. The predicted octanol–water partition coefficient (Wildman–Crippen LogP) is 4.15. The quantitative estimate of drug-likeness (QED) is 0.659. The van der Waals surface area contributed by atoms with Gasteiger partial charge >= 0.3 is 0 Å². The number of amides is 2. The standard InChI is InChI=1S/C26H24N2O2/c29-24-21-12-5-6-13-22(21)25(30)28(24)16-8-15-26(20-10-2-1-3-11-20)18-27-17-19-9-4-7-14-23(19)26/h1-7,9-14,27H,8,15-18H2. The van der Waals surface area contributed by atoms with Crippen molar-refractivity contribution in [3.8, 4) is 0 Å². The minimum absolute atomic E-state index is 0.172. The highest BCUT2D eigenvalue weighted by Crippen LogP contribution is 2.40. The van der Waals surface area contributed by atoms with Crippen LogP contribution >= 0.6 is 0 Å². The molecule has 3 aromatic rings. The van der Waals surface area contributed by atoms with Gasteiger partial charge in [-0.1, -0.05) is 66.7 Å². The van der Waals surface area contributed by atoms with Crippen LogP contribution in [0.2, 0.25) is 0 Å². The van der Waals surface area contributed by atoms with Gasteiger partial charge in [-0.05, 0) is 41.7 Å². The maximum atomic E-state index is 12.7. The molecule has 1 unspecified atom stereocenters. The maximum absolute atomic E-state index is 12.7. The SMILES string of the molecule is O=C1c2ccccc2C(=O)N1CCCC1(c2ccccc2)CNCc2ccccc21. The average molecular weight is 396 g/mol. The molecule has 1 N–H and O–H groups in total. The summed E-state index contributed by atoms with van der Waals surface area (Å²) in [4.78, 5) is 26.9. The third-order valence-corrected chi connectivity index (χ3v) is 6.46. The fraction of sp³-hybridized carbons (Fsp3) is 0.231. The highest BCUT2D eigenvalue weighted by molar-refractivity contribution is 6.21. The number of imide groups is 1. The Balaban J connectivity index is 1.42. The van der Waals surface area contributed by atoms with Gasteiger partial charge in [0.25, 0.3) is 11.8 Å². The van der Waals surface area contributed by atoms with Crippen molar-refractivity contribution in [2.75, 3.05) is 13.1 Å². The number of nitrogens with one attached hydrogen (secondary N) is 1. The van der Waals surface area contributed by atoms with Crippen LogP contribution in [-0.2, 0) is 12.0 Å². The van der Waals surface area contributed by atoms with E-state index in [4.69, 9.17) is 0 Å². The molecule has 0 radical (unpaired) electrons. The molecule has 0 bridgehead atoms. The van der Waals surface area contributed by atoms with E-state index in [2.05, 4.69) is 53.8 Å². The second-order valence-electron chi connectivity index (χ2n) is 8.12. The molecular weight excluding hydrogens is 372 g/mol. The number of fused-ring (bicyclic) bond motifs is 2. The lowest BCUT2D eigenvalue weighted by Gasteiger charge is -2.40. The lowest BCUT2D eigenvalue weighted by Crippen LogP contribution is -2.44. The second kappa shape index (κ2) is 7.54. The first kappa shape index (κ1) is 18.8. The molecule has 0 saturated carbocycles. The summed E-state index contributed by atoms with van der Waals surface area (Å²) in [5.74, 6) is -0.349. The molecular formula is C26H24N2O2. The minimum Gasteiger partial charge on any atom is -0.311 e. The molecule has 30 heavy (non-hydrogen) atoms. The molecule has 4 nitrogen and oxygen atoms in total. The topological polar surface area (TPSA) is 49.4 Å². The van der Waals surface area contributed by atoms with E-state index in [1.807, 2.05) is 18.2 Å². The largest absolute Gasteiger partial charge is 0.311 e. The van der Waals surface area contributed by atoms with E-state index in [-0.39, 0.29) is 17.2 Å². The zero-order chi connectivity index (χ0) is 20.6. The summed E-state index contributed by atoms with van der Waals surface area (Å²) in [6.45, 7) is 2.14. The summed E-state index contributed by atoms with van der Waals surface area (Å²) in [5.41, 5.74) is 4.79. The Morgan fingerprint density at radius 3 is 2.17 bits per heavy atom. The number of carbonyl (C=O) groups excluding carboxylic acids is 2. The van der Waals surface area contributed by atoms with Crippen LogP contribution in [0.25, 0.3) is 0 Å². The third kappa shape index (κ3) is 2.96. The first-order chi connectivity index (χ1) is 14.7. The van der Waals surface area contributed by atoms with E-state index in [1.54, 1.807) is 12.1 Å². The van der Waals surface area contributed by atoms with Crippen molar-refractivity contribution in [1.29, 1.82) is 0 Å². The molecule has 0 spiro atoms. The van der Waals surface area contributed by atoms with Gasteiger partial charge in [0, 0.05) is 25.0 Å². The number of hydrogen-bond donors (Lipinski definition) is 1.